The largest absolute Gasteiger partial charge is 0.346 e. The number of nitrogens with one attached hydrogen (secondary N) is 1. The summed E-state index contributed by atoms with van der Waals surface area (Å²) in [6, 6.07) is 8.03. The van der Waals surface area contributed by atoms with Crippen molar-refractivity contribution < 1.29 is 9.18 Å². The molecule has 0 bridgehead atoms. The SMILES string of the molecule is CCc1nc(C)sc1CNC(=O)c1ccc2cccc(F)c2n1. The Morgan fingerprint density at radius 2 is 2.09 bits per heavy atom. The first-order valence-electron chi connectivity index (χ1n) is 7.37. The summed E-state index contributed by atoms with van der Waals surface area (Å²) >= 11 is 1.57. The zero-order chi connectivity index (χ0) is 16.4. The highest BCUT2D eigenvalue weighted by Gasteiger charge is 2.12. The molecule has 0 spiro atoms. The van der Waals surface area contributed by atoms with Crippen LogP contribution in [0, 0.1) is 12.7 Å². The number of rotatable bonds is 4. The Kier molecular flexibility index (Phi) is 4.34. The molecule has 1 N–H and O–H groups in total. The zero-order valence-electron chi connectivity index (χ0n) is 12.9. The zero-order valence-corrected chi connectivity index (χ0v) is 13.7. The molecule has 1 aromatic carbocycles. The lowest BCUT2D eigenvalue weighted by Crippen LogP contribution is -2.23. The molecular formula is C17H16FN3OS. The third-order valence-electron chi connectivity index (χ3n) is 3.53. The Bertz CT molecular complexity index is 875. The molecule has 3 aromatic rings. The maximum absolute atomic E-state index is 13.8. The molecule has 6 heteroatoms. The quantitative estimate of drug-likeness (QED) is 0.795. The van der Waals surface area contributed by atoms with Crippen LogP contribution in [-0.4, -0.2) is 15.9 Å². The molecule has 2 heterocycles. The van der Waals surface area contributed by atoms with E-state index in [0.29, 0.717) is 11.9 Å². The van der Waals surface area contributed by atoms with Crippen LogP contribution in [0.2, 0.25) is 0 Å². The summed E-state index contributed by atoms with van der Waals surface area (Å²) in [4.78, 5) is 21.9. The van der Waals surface area contributed by atoms with Gasteiger partial charge in [0.15, 0.2) is 0 Å². The smallest absolute Gasteiger partial charge is 0.270 e. The number of aryl methyl sites for hydroxylation is 2. The van der Waals surface area contributed by atoms with E-state index in [-0.39, 0.29) is 17.1 Å². The Morgan fingerprint density at radius 1 is 1.26 bits per heavy atom. The minimum atomic E-state index is -0.427. The van der Waals surface area contributed by atoms with Crippen LogP contribution in [0.3, 0.4) is 0 Å². The summed E-state index contributed by atoms with van der Waals surface area (Å²) in [5.41, 5.74) is 1.43. The fourth-order valence-electron chi connectivity index (χ4n) is 2.42. The van der Waals surface area contributed by atoms with Crippen LogP contribution >= 0.6 is 11.3 Å². The molecule has 0 unspecified atom stereocenters. The first kappa shape index (κ1) is 15.6. The van der Waals surface area contributed by atoms with Crippen LogP contribution in [0.1, 0.15) is 33.0 Å². The summed E-state index contributed by atoms with van der Waals surface area (Å²) in [6.07, 6.45) is 0.828. The van der Waals surface area contributed by atoms with E-state index < -0.39 is 5.82 Å². The van der Waals surface area contributed by atoms with Crippen LogP contribution in [0.5, 0.6) is 0 Å². The van der Waals surface area contributed by atoms with Gasteiger partial charge in [-0.1, -0.05) is 25.1 Å². The molecule has 118 valence electrons. The van der Waals surface area contributed by atoms with Crippen molar-refractivity contribution in [2.75, 3.05) is 0 Å². The Morgan fingerprint density at radius 3 is 2.87 bits per heavy atom. The maximum atomic E-state index is 13.8. The maximum Gasteiger partial charge on any atom is 0.270 e. The van der Waals surface area contributed by atoms with Gasteiger partial charge in [0.25, 0.3) is 5.91 Å². The van der Waals surface area contributed by atoms with Gasteiger partial charge in [0.1, 0.15) is 17.0 Å². The van der Waals surface area contributed by atoms with E-state index in [0.717, 1.165) is 22.0 Å². The second kappa shape index (κ2) is 6.42. The van der Waals surface area contributed by atoms with E-state index in [2.05, 4.69) is 15.3 Å². The van der Waals surface area contributed by atoms with Crippen molar-refractivity contribution in [2.24, 2.45) is 0 Å². The van der Waals surface area contributed by atoms with Gasteiger partial charge in [-0.25, -0.2) is 14.4 Å². The molecule has 0 atom stereocenters. The van der Waals surface area contributed by atoms with Gasteiger partial charge in [-0.3, -0.25) is 4.79 Å². The monoisotopic (exact) mass is 329 g/mol. The number of benzene rings is 1. The van der Waals surface area contributed by atoms with Gasteiger partial charge in [-0.2, -0.15) is 0 Å². The van der Waals surface area contributed by atoms with Crippen LogP contribution in [0.4, 0.5) is 4.39 Å². The van der Waals surface area contributed by atoms with Crippen LogP contribution in [0.25, 0.3) is 10.9 Å². The van der Waals surface area contributed by atoms with Crippen molar-refractivity contribution in [3.63, 3.8) is 0 Å². The normalized spacial score (nSPS) is 10.9. The number of carbonyl (C=O) groups excluding carboxylic acids is 1. The Hall–Kier alpha value is -2.34. The van der Waals surface area contributed by atoms with E-state index >= 15 is 0 Å². The highest BCUT2D eigenvalue weighted by atomic mass is 32.1. The Labute approximate surface area is 137 Å². The molecule has 4 nitrogen and oxygen atoms in total. The van der Waals surface area contributed by atoms with E-state index in [9.17, 15) is 9.18 Å². The summed E-state index contributed by atoms with van der Waals surface area (Å²) in [5, 5.41) is 4.49. The molecule has 0 saturated carbocycles. The van der Waals surface area contributed by atoms with Crippen molar-refractivity contribution in [2.45, 2.75) is 26.8 Å². The van der Waals surface area contributed by atoms with Crippen molar-refractivity contribution in [1.82, 2.24) is 15.3 Å². The average molecular weight is 329 g/mol. The van der Waals surface area contributed by atoms with Gasteiger partial charge in [-0.15, -0.1) is 11.3 Å². The van der Waals surface area contributed by atoms with Gasteiger partial charge >= 0.3 is 0 Å². The average Bonchev–Trinajstić information content (AvgIpc) is 2.92. The molecule has 0 aliphatic carbocycles. The minimum Gasteiger partial charge on any atom is -0.346 e. The highest BCUT2D eigenvalue weighted by Crippen LogP contribution is 2.19. The number of fused-ring (bicyclic) bond motifs is 1. The standard InChI is InChI=1S/C17H16FN3OS/c1-3-13-15(23-10(2)20-13)9-19-17(22)14-8-7-11-5-4-6-12(18)16(11)21-14/h4-8H,3,9H2,1-2H3,(H,19,22). The number of carbonyl (C=O) groups is 1. The van der Waals surface area contributed by atoms with Crippen LogP contribution in [0.15, 0.2) is 30.3 Å². The van der Waals surface area contributed by atoms with E-state index in [1.807, 2.05) is 13.8 Å². The van der Waals surface area contributed by atoms with E-state index in [4.69, 9.17) is 0 Å². The fraction of sp³-hybridized carbons (Fsp3) is 0.235. The lowest BCUT2D eigenvalue weighted by molar-refractivity contribution is 0.0946. The lowest BCUT2D eigenvalue weighted by Gasteiger charge is -2.06. The van der Waals surface area contributed by atoms with E-state index in [1.54, 1.807) is 35.6 Å². The number of pyridine rings is 1. The molecular weight excluding hydrogens is 313 g/mol. The highest BCUT2D eigenvalue weighted by molar-refractivity contribution is 7.11. The molecule has 2 aromatic heterocycles. The summed E-state index contributed by atoms with van der Waals surface area (Å²) in [5.74, 6) is -0.744. The number of para-hydroxylation sites is 1. The third-order valence-corrected chi connectivity index (χ3v) is 4.55. The van der Waals surface area contributed by atoms with Gasteiger partial charge < -0.3 is 5.32 Å². The van der Waals surface area contributed by atoms with Crippen LogP contribution in [-0.2, 0) is 13.0 Å². The minimum absolute atomic E-state index is 0.210. The number of nitrogens with zero attached hydrogens (tertiary/aromatic N) is 2. The Balaban J connectivity index is 1.79. The topological polar surface area (TPSA) is 54.9 Å². The molecule has 3 rings (SSSR count). The predicted octanol–water partition coefficient (Wildman–Crippen LogP) is 3.63. The number of aromatic nitrogens is 2. The number of halogens is 1. The second-order valence-corrected chi connectivity index (χ2v) is 6.43. The molecule has 0 aliphatic rings. The van der Waals surface area contributed by atoms with Gasteiger partial charge in [0.05, 0.1) is 17.2 Å². The number of hydrogen-bond acceptors (Lipinski definition) is 4. The first-order chi connectivity index (χ1) is 11.1. The van der Waals surface area contributed by atoms with Gasteiger partial charge in [0, 0.05) is 10.3 Å². The molecule has 0 radical (unpaired) electrons. The number of hydrogen-bond donors (Lipinski definition) is 1. The summed E-state index contributed by atoms with van der Waals surface area (Å²) in [6.45, 7) is 4.39. The van der Waals surface area contributed by atoms with Crippen molar-refractivity contribution >= 4 is 28.1 Å². The second-order valence-electron chi connectivity index (χ2n) is 5.15. The molecule has 23 heavy (non-hydrogen) atoms. The summed E-state index contributed by atoms with van der Waals surface area (Å²) in [7, 11) is 0. The molecule has 1 amide bonds. The predicted molar refractivity (Wildman–Crippen MR) is 89.1 cm³/mol. The molecule has 0 aliphatic heterocycles. The number of thiazole rings is 1. The fourth-order valence-corrected chi connectivity index (χ4v) is 3.38. The number of amides is 1. The van der Waals surface area contributed by atoms with Crippen molar-refractivity contribution in [3.8, 4) is 0 Å². The molecule has 0 fully saturated rings. The van der Waals surface area contributed by atoms with Gasteiger partial charge in [0.2, 0.25) is 0 Å². The van der Waals surface area contributed by atoms with Gasteiger partial charge in [-0.05, 0) is 25.5 Å². The summed E-state index contributed by atoms with van der Waals surface area (Å²) < 4.78 is 13.8. The third kappa shape index (κ3) is 3.22. The van der Waals surface area contributed by atoms with Crippen molar-refractivity contribution in [3.05, 3.63) is 57.4 Å². The lowest BCUT2D eigenvalue weighted by atomic mass is 10.2. The first-order valence-corrected chi connectivity index (χ1v) is 8.18. The van der Waals surface area contributed by atoms with Crippen LogP contribution < -0.4 is 5.32 Å². The molecule has 0 saturated heterocycles. The van der Waals surface area contributed by atoms with E-state index in [1.165, 1.54) is 6.07 Å². The van der Waals surface area contributed by atoms with Crippen molar-refractivity contribution in [1.29, 1.82) is 0 Å².